The van der Waals surface area contributed by atoms with E-state index in [2.05, 4.69) is 16.8 Å². The van der Waals surface area contributed by atoms with Gasteiger partial charge in [-0.25, -0.2) is 4.98 Å². The highest BCUT2D eigenvalue weighted by Crippen LogP contribution is 2.37. The lowest BCUT2D eigenvalue weighted by Gasteiger charge is -2.18. The topological polar surface area (TPSA) is 65.4 Å². The summed E-state index contributed by atoms with van der Waals surface area (Å²) in [7, 11) is 0. The van der Waals surface area contributed by atoms with Gasteiger partial charge in [-0.2, -0.15) is 0 Å². The molecule has 1 fully saturated rings. The Morgan fingerprint density at radius 2 is 2.00 bits per heavy atom. The Labute approximate surface area is 163 Å². The molecule has 7 heteroatoms. The molecule has 2 aliphatic rings. The van der Waals surface area contributed by atoms with Crippen LogP contribution in [0.4, 0.5) is 5.69 Å². The molecule has 144 valence electrons. The fourth-order valence-electron chi connectivity index (χ4n) is 3.70. The number of hydrogen-bond acceptors (Lipinski definition) is 5. The fraction of sp³-hybridized carbons (Fsp3) is 0.500. The third kappa shape index (κ3) is 3.65. The molecule has 1 atom stereocenters. The molecule has 0 spiro atoms. The van der Waals surface area contributed by atoms with E-state index in [9.17, 15) is 4.79 Å². The summed E-state index contributed by atoms with van der Waals surface area (Å²) < 4.78 is 13.0. The lowest BCUT2D eigenvalue weighted by molar-refractivity contribution is -0.115. The molecule has 1 N–H and O–H groups in total. The number of carbonyl (C=O) groups excluding carboxylic acids is 1. The maximum atomic E-state index is 12.7. The van der Waals surface area contributed by atoms with Gasteiger partial charge in [-0.15, -0.1) is 0 Å². The van der Waals surface area contributed by atoms with Crippen LogP contribution in [0, 0.1) is 13.8 Å². The van der Waals surface area contributed by atoms with Gasteiger partial charge in [0.15, 0.2) is 16.7 Å². The van der Waals surface area contributed by atoms with E-state index in [1.165, 1.54) is 43.1 Å². The zero-order valence-electron chi connectivity index (χ0n) is 15.9. The molecule has 0 saturated heterocycles. The SMILES string of the molecule is Cc1nc(S[C@H](C)C(=O)Nc2ccc3c(c2)OCO3)n(C2CCCC2)c1C. The number of benzene rings is 1. The Bertz CT molecular complexity index is 858. The first-order valence-electron chi connectivity index (χ1n) is 9.45. The minimum atomic E-state index is -0.253. The third-order valence-electron chi connectivity index (χ3n) is 5.34. The molecule has 0 bridgehead atoms. The highest BCUT2D eigenvalue weighted by atomic mass is 32.2. The van der Waals surface area contributed by atoms with Crippen LogP contribution < -0.4 is 14.8 Å². The van der Waals surface area contributed by atoms with Crippen LogP contribution in [0.3, 0.4) is 0 Å². The van der Waals surface area contributed by atoms with Gasteiger partial charge in [-0.1, -0.05) is 24.6 Å². The molecular weight excluding hydrogens is 362 g/mol. The molecule has 0 unspecified atom stereocenters. The van der Waals surface area contributed by atoms with E-state index in [1.54, 1.807) is 6.07 Å². The number of nitrogens with one attached hydrogen (secondary N) is 1. The zero-order valence-corrected chi connectivity index (χ0v) is 16.8. The Morgan fingerprint density at radius 3 is 2.78 bits per heavy atom. The molecule has 27 heavy (non-hydrogen) atoms. The normalized spacial score (nSPS) is 17.3. The number of hydrogen-bond donors (Lipinski definition) is 1. The summed E-state index contributed by atoms with van der Waals surface area (Å²) in [5.74, 6) is 1.33. The first-order chi connectivity index (χ1) is 13.0. The van der Waals surface area contributed by atoms with E-state index in [1.807, 2.05) is 26.0 Å². The van der Waals surface area contributed by atoms with Gasteiger partial charge in [0.25, 0.3) is 0 Å². The van der Waals surface area contributed by atoms with Gasteiger partial charge in [0.1, 0.15) is 0 Å². The minimum Gasteiger partial charge on any atom is -0.454 e. The lowest BCUT2D eigenvalue weighted by atomic mass is 10.2. The summed E-state index contributed by atoms with van der Waals surface area (Å²) in [6.07, 6.45) is 4.93. The number of thioether (sulfide) groups is 1. The van der Waals surface area contributed by atoms with Gasteiger partial charge >= 0.3 is 0 Å². The van der Waals surface area contributed by atoms with E-state index < -0.39 is 0 Å². The largest absolute Gasteiger partial charge is 0.454 e. The first kappa shape index (κ1) is 18.2. The highest BCUT2D eigenvalue weighted by molar-refractivity contribution is 8.00. The van der Waals surface area contributed by atoms with Gasteiger partial charge < -0.3 is 19.4 Å². The molecule has 0 radical (unpaired) electrons. The van der Waals surface area contributed by atoms with Crippen molar-refractivity contribution in [3.8, 4) is 11.5 Å². The van der Waals surface area contributed by atoms with Crippen LogP contribution in [0.5, 0.6) is 11.5 Å². The summed E-state index contributed by atoms with van der Waals surface area (Å²) in [5, 5.41) is 3.67. The van der Waals surface area contributed by atoms with Crippen molar-refractivity contribution >= 4 is 23.4 Å². The molecule has 6 nitrogen and oxygen atoms in total. The maximum Gasteiger partial charge on any atom is 0.237 e. The van der Waals surface area contributed by atoms with Crippen LogP contribution >= 0.6 is 11.8 Å². The van der Waals surface area contributed by atoms with E-state index in [-0.39, 0.29) is 18.0 Å². The van der Waals surface area contributed by atoms with Crippen molar-refractivity contribution < 1.29 is 14.3 Å². The molecule has 1 aromatic carbocycles. The van der Waals surface area contributed by atoms with Crippen LogP contribution in [-0.2, 0) is 4.79 Å². The van der Waals surface area contributed by atoms with Crippen LogP contribution in [-0.4, -0.2) is 27.5 Å². The average molecular weight is 388 g/mol. The van der Waals surface area contributed by atoms with E-state index in [4.69, 9.17) is 14.5 Å². The van der Waals surface area contributed by atoms with Crippen molar-refractivity contribution in [1.29, 1.82) is 0 Å². The fourth-order valence-corrected chi connectivity index (χ4v) is 4.77. The second-order valence-electron chi connectivity index (χ2n) is 7.19. The van der Waals surface area contributed by atoms with Gasteiger partial charge in [-0.3, -0.25) is 4.79 Å². The van der Waals surface area contributed by atoms with Crippen LogP contribution in [0.1, 0.15) is 50.0 Å². The number of rotatable bonds is 5. The summed E-state index contributed by atoms with van der Waals surface area (Å²) in [6, 6.07) is 5.95. The van der Waals surface area contributed by atoms with Crippen molar-refractivity contribution in [2.24, 2.45) is 0 Å². The number of nitrogens with zero attached hydrogens (tertiary/aromatic N) is 2. The van der Waals surface area contributed by atoms with Crippen molar-refractivity contribution in [3.05, 3.63) is 29.6 Å². The van der Waals surface area contributed by atoms with Crippen molar-refractivity contribution in [1.82, 2.24) is 9.55 Å². The molecule has 1 aromatic heterocycles. The number of anilines is 1. The summed E-state index contributed by atoms with van der Waals surface area (Å²) in [4.78, 5) is 17.4. The standard InChI is InChI=1S/C20H25N3O3S/c1-12-13(2)23(16-6-4-5-7-16)20(21-12)27-14(3)19(24)22-15-8-9-17-18(10-15)26-11-25-17/h8-10,14,16H,4-7,11H2,1-3H3,(H,22,24)/t14-/m1/s1. The number of fused-ring (bicyclic) bond motifs is 1. The zero-order chi connectivity index (χ0) is 19.0. The number of amides is 1. The third-order valence-corrected chi connectivity index (χ3v) is 6.40. The number of carbonyl (C=O) groups is 1. The summed E-state index contributed by atoms with van der Waals surface area (Å²) >= 11 is 1.53. The summed E-state index contributed by atoms with van der Waals surface area (Å²) in [5.41, 5.74) is 2.98. The predicted molar refractivity (Wildman–Crippen MR) is 106 cm³/mol. The Balaban J connectivity index is 1.46. The monoisotopic (exact) mass is 387 g/mol. The number of aryl methyl sites for hydroxylation is 1. The van der Waals surface area contributed by atoms with Crippen molar-refractivity contribution in [2.45, 2.75) is 62.9 Å². The molecule has 1 aliphatic heterocycles. The predicted octanol–water partition coefficient (Wildman–Crippen LogP) is 4.46. The quantitative estimate of drug-likeness (QED) is 0.767. The smallest absolute Gasteiger partial charge is 0.237 e. The second-order valence-corrected chi connectivity index (χ2v) is 8.50. The van der Waals surface area contributed by atoms with Gasteiger partial charge in [-0.05, 0) is 45.7 Å². The average Bonchev–Trinajstić information content (AvgIpc) is 3.36. The molecule has 1 amide bonds. The van der Waals surface area contributed by atoms with E-state index in [0.29, 0.717) is 23.2 Å². The Morgan fingerprint density at radius 1 is 1.26 bits per heavy atom. The maximum absolute atomic E-state index is 12.7. The number of imidazole rings is 1. The molecule has 2 heterocycles. The molecule has 1 saturated carbocycles. The highest BCUT2D eigenvalue weighted by Gasteiger charge is 2.26. The van der Waals surface area contributed by atoms with Crippen molar-refractivity contribution in [2.75, 3.05) is 12.1 Å². The number of aromatic nitrogens is 2. The Hall–Kier alpha value is -2.15. The summed E-state index contributed by atoms with van der Waals surface area (Å²) in [6.45, 7) is 6.32. The molecule has 1 aliphatic carbocycles. The Kier molecular flexibility index (Phi) is 5.04. The lowest BCUT2D eigenvalue weighted by Crippen LogP contribution is -2.23. The van der Waals surface area contributed by atoms with Crippen molar-refractivity contribution in [3.63, 3.8) is 0 Å². The van der Waals surface area contributed by atoms with E-state index >= 15 is 0 Å². The first-order valence-corrected chi connectivity index (χ1v) is 10.3. The second kappa shape index (κ2) is 7.46. The van der Waals surface area contributed by atoms with Gasteiger partial charge in [0, 0.05) is 23.5 Å². The number of ether oxygens (including phenoxy) is 2. The molecule has 4 rings (SSSR count). The minimum absolute atomic E-state index is 0.0462. The molecular formula is C20H25N3O3S. The van der Waals surface area contributed by atoms with Crippen LogP contribution in [0.15, 0.2) is 23.4 Å². The van der Waals surface area contributed by atoms with Crippen LogP contribution in [0.25, 0.3) is 0 Å². The van der Waals surface area contributed by atoms with E-state index in [0.717, 1.165) is 10.9 Å². The van der Waals surface area contributed by atoms with Gasteiger partial charge in [0.05, 0.1) is 10.9 Å². The molecule has 2 aromatic rings. The van der Waals surface area contributed by atoms with Gasteiger partial charge in [0.2, 0.25) is 12.7 Å². The van der Waals surface area contributed by atoms with Crippen LogP contribution in [0.2, 0.25) is 0 Å².